The molecule has 0 spiro atoms. The summed E-state index contributed by atoms with van der Waals surface area (Å²) in [5, 5.41) is 7.77. The van der Waals surface area contributed by atoms with Crippen molar-refractivity contribution in [1.82, 2.24) is 15.1 Å². The minimum absolute atomic E-state index is 0.0641. The first-order valence-corrected chi connectivity index (χ1v) is 9.31. The summed E-state index contributed by atoms with van der Waals surface area (Å²) in [5.74, 6) is 1.67. The van der Waals surface area contributed by atoms with Crippen LogP contribution in [0.25, 0.3) is 17.1 Å². The molecule has 0 fully saturated rings. The Bertz CT molecular complexity index is 966. The molecule has 0 aliphatic heterocycles. The van der Waals surface area contributed by atoms with E-state index in [0.717, 1.165) is 17.0 Å². The van der Waals surface area contributed by atoms with Crippen molar-refractivity contribution in [3.05, 3.63) is 59.0 Å². The summed E-state index contributed by atoms with van der Waals surface area (Å²) in [6, 6.07) is 11.7. The molecule has 0 bridgehead atoms. The normalized spacial score (nSPS) is 12.4. The van der Waals surface area contributed by atoms with Gasteiger partial charge in [-0.1, -0.05) is 31.5 Å². The zero-order valence-electron chi connectivity index (χ0n) is 16.8. The zero-order chi connectivity index (χ0) is 19.7. The second kappa shape index (κ2) is 7.43. The molecule has 5 heteroatoms. The smallest absolute Gasteiger partial charge is 0.270 e. The Morgan fingerprint density at radius 3 is 2.41 bits per heavy atom. The van der Waals surface area contributed by atoms with Crippen LogP contribution >= 0.6 is 0 Å². The van der Waals surface area contributed by atoms with E-state index in [1.54, 1.807) is 10.7 Å². The number of aromatic nitrogens is 2. The van der Waals surface area contributed by atoms with Gasteiger partial charge in [-0.05, 0) is 57.4 Å². The van der Waals surface area contributed by atoms with Crippen LogP contribution in [0, 0.1) is 26.7 Å². The van der Waals surface area contributed by atoms with E-state index in [1.165, 1.54) is 5.56 Å². The second-order valence-corrected chi connectivity index (χ2v) is 7.53. The van der Waals surface area contributed by atoms with Gasteiger partial charge in [-0.2, -0.15) is 5.10 Å². The summed E-state index contributed by atoms with van der Waals surface area (Å²) in [6.45, 7) is 12.2. The SMILES string of the molecule is Cc1ccc(-n2nc(-c3ccc(C)o3)cc2C(=O)NC(C)C(C)C)c(C)c1. The molecule has 142 valence electrons. The van der Waals surface area contributed by atoms with Crippen LogP contribution in [0.15, 0.2) is 40.8 Å². The Kier molecular flexibility index (Phi) is 5.22. The van der Waals surface area contributed by atoms with E-state index in [4.69, 9.17) is 4.42 Å². The standard InChI is InChI=1S/C22H27N3O2/c1-13(2)17(6)23-22(26)20-12-18(21-10-8-16(5)27-21)24-25(20)19-9-7-14(3)11-15(19)4/h7-13,17H,1-6H3,(H,23,26). The number of hydrogen-bond donors (Lipinski definition) is 1. The van der Waals surface area contributed by atoms with Crippen molar-refractivity contribution in [2.75, 3.05) is 0 Å². The monoisotopic (exact) mass is 365 g/mol. The fraction of sp³-hybridized carbons (Fsp3) is 0.364. The van der Waals surface area contributed by atoms with Crippen LogP contribution in [0.2, 0.25) is 0 Å². The number of aryl methyl sites for hydroxylation is 3. The average Bonchev–Trinajstić information content (AvgIpc) is 3.21. The van der Waals surface area contributed by atoms with Crippen LogP contribution in [0.5, 0.6) is 0 Å². The first kappa shape index (κ1) is 19.0. The maximum Gasteiger partial charge on any atom is 0.270 e. The van der Waals surface area contributed by atoms with Crippen LogP contribution in [0.4, 0.5) is 0 Å². The third-order valence-corrected chi connectivity index (χ3v) is 4.87. The number of rotatable bonds is 5. The molecule has 1 atom stereocenters. The predicted octanol–water partition coefficient (Wildman–Crippen LogP) is 4.83. The molecule has 0 saturated carbocycles. The van der Waals surface area contributed by atoms with Crippen molar-refractivity contribution < 1.29 is 9.21 Å². The lowest BCUT2D eigenvalue weighted by Crippen LogP contribution is -2.37. The Balaban J connectivity index is 2.09. The van der Waals surface area contributed by atoms with E-state index >= 15 is 0 Å². The number of furan rings is 1. The minimum atomic E-state index is -0.141. The predicted molar refractivity (Wildman–Crippen MR) is 107 cm³/mol. The molecular weight excluding hydrogens is 338 g/mol. The topological polar surface area (TPSA) is 60.1 Å². The minimum Gasteiger partial charge on any atom is -0.460 e. The van der Waals surface area contributed by atoms with Gasteiger partial charge in [0.15, 0.2) is 5.76 Å². The van der Waals surface area contributed by atoms with Gasteiger partial charge in [0.2, 0.25) is 0 Å². The number of nitrogens with zero attached hydrogens (tertiary/aromatic N) is 2. The van der Waals surface area contributed by atoms with Crippen molar-refractivity contribution in [3.8, 4) is 17.1 Å². The van der Waals surface area contributed by atoms with Gasteiger partial charge in [-0.15, -0.1) is 0 Å². The van der Waals surface area contributed by atoms with E-state index in [2.05, 4.69) is 37.3 Å². The summed E-state index contributed by atoms with van der Waals surface area (Å²) in [4.78, 5) is 13.0. The quantitative estimate of drug-likeness (QED) is 0.704. The lowest BCUT2D eigenvalue weighted by molar-refractivity contribution is 0.0922. The molecular formula is C22H27N3O2. The maximum atomic E-state index is 13.0. The molecule has 0 saturated heterocycles. The van der Waals surface area contributed by atoms with Gasteiger partial charge in [-0.25, -0.2) is 4.68 Å². The van der Waals surface area contributed by atoms with Crippen LogP contribution in [-0.2, 0) is 0 Å². The van der Waals surface area contributed by atoms with E-state index in [1.807, 2.05) is 45.0 Å². The second-order valence-electron chi connectivity index (χ2n) is 7.53. The molecule has 1 amide bonds. The van der Waals surface area contributed by atoms with Gasteiger partial charge < -0.3 is 9.73 Å². The molecule has 2 heterocycles. The van der Waals surface area contributed by atoms with Gasteiger partial charge in [0, 0.05) is 12.1 Å². The van der Waals surface area contributed by atoms with E-state index in [9.17, 15) is 4.79 Å². The van der Waals surface area contributed by atoms with Gasteiger partial charge >= 0.3 is 0 Å². The van der Waals surface area contributed by atoms with Crippen molar-refractivity contribution >= 4 is 5.91 Å². The summed E-state index contributed by atoms with van der Waals surface area (Å²) in [5.41, 5.74) is 4.26. The molecule has 1 aromatic carbocycles. The molecule has 27 heavy (non-hydrogen) atoms. The van der Waals surface area contributed by atoms with E-state index in [0.29, 0.717) is 23.1 Å². The molecule has 1 N–H and O–H groups in total. The Morgan fingerprint density at radius 1 is 1.07 bits per heavy atom. The van der Waals surface area contributed by atoms with Crippen LogP contribution in [0.3, 0.4) is 0 Å². The van der Waals surface area contributed by atoms with Gasteiger partial charge in [-0.3, -0.25) is 4.79 Å². The Labute approximate surface area is 160 Å². The molecule has 2 aromatic heterocycles. The molecule has 0 aliphatic carbocycles. The number of carbonyl (C=O) groups excluding carboxylic acids is 1. The van der Waals surface area contributed by atoms with Crippen LogP contribution in [0.1, 0.15) is 48.1 Å². The summed E-state index contributed by atoms with van der Waals surface area (Å²) >= 11 is 0. The van der Waals surface area contributed by atoms with Gasteiger partial charge in [0.25, 0.3) is 5.91 Å². The molecule has 0 aliphatic rings. The number of benzene rings is 1. The van der Waals surface area contributed by atoms with Crippen molar-refractivity contribution in [3.63, 3.8) is 0 Å². The first-order chi connectivity index (χ1) is 12.8. The third kappa shape index (κ3) is 3.97. The largest absolute Gasteiger partial charge is 0.460 e. The summed E-state index contributed by atoms with van der Waals surface area (Å²) in [6.07, 6.45) is 0. The number of amides is 1. The molecule has 0 radical (unpaired) electrons. The number of nitrogens with one attached hydrogen (secondary N) is 1. The maximum absolute atomic E-state index is 13.0. The van der Waals surface area contributed by atoms with Crippen LogP contribution in [-0.4, -0.2) is 21.7 Å². The Morgan fingerprint density at radius 2 is 1.81 bits per heavy atom. The molecule has 3 rings (SSSR count). The number of carbonyl (C=O) groups is 1. The molecule has 3 aromatic rings. The lowest BCUT2D eigenvalue weighted by Gasteiger charge is -2.18. The lowest BCUT2D eigenvalue weighted by atomic mass is 10.1. The highest BCUT2D eigenvalue weighted by molar-refractivity contribution is 5.94. The van der Waals surface area contributed by atoms with Crippen molar-refractivity contribution in [1.29, 1.82) is 0 Å². The van der Waals surface area contributed by atoms with Gasteiger partial charge in [0.05, 0.1) is 5.69 Å². The van der Waals surface area contributed by atoms with E-state index < -0.39 is 0 Å². The zero-order valence-corrected chi connectivity index (χ0v) is 16.8. The summed E-state index contributed by atoms with van der Waals surface area (Å²) < 4.78 is 7.43. The third-order valence-electron chi connectivity index (χ3n) is 4.87. The van der Waals surface area contributed by atoms with Crippen molar-refractivity contribution in [2.45, 2.75) is 47.6 Å². The number of hydrogen-bond acceptors (Lipinski definition) is 3. The van der Waals surface area contributed by atoms with E-state index in [-0.39, 0.29) is 11.9 Å². The fourth-order valence-corrected chi connectivity index (χ4v) is 2.91. The highest BCUT2D eigenvalue weighted by Crippen LogP contribution is 2.25. The first-order valence-electron chi connectivity index (χ1n) is 9.31. The Hall–Kier alpha value is -2.82. The van der Waals surface area contributed by atoms with Crippen LogP contribution < -0.4 is 5.32 Å². The molecule has 5 nitrogen and oxygen atoms in total. The van der Waals surface area contributed by atoms with Crippen molar-refractivity contribution in [2.24, 2.45) is 5.92 Å². The highest BCUT2D eigenvalue weighted by Gasteiger charge is 2.22. The average molecular weight is 365 g/mol. The fourth-order valence-electron chi connectivity index (χ4n) is 2.91. The summed E-state index contributed by atoms with van der Waals surface area (Å²) in [7, 11) is 0. The highest BCUT2D eigenvalue weighted by atomic mass is 16.3. The van der Waals surface area contributed by atoms with Gasteiger partial charge in [0.1, 0.15) is 17.1 Å². The molecule has 1 unspecified atom stereocenters.